The van der Waals surface area contributed by atoms with Gasteiger partial charge in [-0.25, -0.2) is 15.0 Å². The first kappa shape index (κ1) is 14.1. The van der Waals surface area contributed by atoms with Crippen LogP contribution in [0.4, 0.5) is 0 Å². The van der Waals surface area contributed by atoms with Crippen molar-refractivity contribution in [1.29, 1.82) is 0 Å². The zero-order chi connectivity index (χ0) is 14.7. The number of fused-ring (bicyclic) bond motifs is 1. The van der Waals surface area contributed by atoms with Crippen LogP contribution in [0.15, 0.2) is 24.8 Å². The molecule has 21 heavy (non-hydrogen) atoms. The maximum atomic E-state index is 4.68. The molecule has 5 nitrogen and oxygen atoms in total. The van der Waals surface area contributed by atoms with E-state index in [9.17, 15) is 0 Å². The number of nitrogens with one attached hydrogen (secondary N) is 1. The molecule has 3 rings (SSSR count). The summed E-state index contributed by atoms with van der Waals surface area (Å²) < 4.78 is 0. The van der Waals surface area contributed by atoms with Gasteiger partial charge in [-0.1, -0.05) is 13.8 Å². The highest BCUT2D eigenvalue weighted by molar-refractivity contribution is 5.47. The number of aromatic nitrogens is 4. The lowest BCUT2D eigenvalue weighted by Gasteiger charge is -2.25. The molecule has 0 radical (unpaired) electrons. The van der Waals surface area contributed by atoms with Gasteiger partial charge in [0.05, 0.1) is 6.20 Å². The van der Waals surface area contributed by atoms with Gasteiger partial charge in [0.15, 0.2) is 5.82 Å². The van der Waals surface area contributed by atoms with E-state index in [1.807, 2.05) is 6.20 Å². The zero-order valence-corrected chi connectivity index (χ0v) is 12.6. The van der Waals surface area contributed by atoms with Crippen LogP contribution in [0.2, 0.25) is 0 Å². The fourth-order valence-electron chi connectivity index (χ4n) is 2.70. The van der Waals surface area contributed by atoms with Crippen molar-refractivity contribution < 1.29 is 0 Å². The van der Waals surface area contributed by atoms with E-state index in [1.54, 1.807) is 18.6 Å². The maximum Gasteiger partial charge on any atom is 0.179 e. The third kappa shape index (κ3) is 3.42. The Kier molecular flexibility index (Phi) is 4.20. The Bertz CT molecular complexity index is 597. The van der Waals surface area contributed by atoms with Crippen LogP contribution in [-0.2, 0) is 12.8 Å². The summed E-state index contributed by atoms with van der Waals surface area (Å²) in [6.45, 7) is 5.45. The van der Waals surface area contributed by atoms with Crippen molar-refractivity contribution in [2.75, 3.05) is 6.54 Å². The summed E-state index contributed by atoms with van der Waals surface area (Å²) in [4.78, 5) is 17.5. The summed E-state index contributed by atoms with van der Waals surface area (Å²) in [6.07, 6.45) is 10.3. The third-order valence-corrected chi connectivity index (χ3v) is 3.86. The standard InChI is InChI=1S/C16H21N5/c1-11(2)19-8-12-3-4-14-13(7-12)9-20-16(21-14)15-10-17-5-6-18-15/h5-6,9-12,19H,3-4,7-8H2,1-2H3. The molecule has 1 aliphatic rings. The van der Waals surface area contributed by atoms with Crippen LogP contribution < -0.4 is 5.32 Å². The van der Waals surface area contributed by atoms with E-state index in [2.05, 4.69) is 39.1 Å². The van der Waals surface area contributed by atoms with Gasteiger partial charge in [-0.05, 0) is 37.3 Å². The van der Waals surface area contributed by atoms with Gasteiger partial charge in [-0.15, -0.1) is 0 Å². The second-order valence-corrected chi connectivity index (χ2v) is 5.93. The van der Waals surface area contributed by atoms with Crippen molar-refractivity contribution in [2.24, 2.45) is 5.92 Å². The van der Waals surface area contributed by atoms with E-state index in [0.717, 1.165) is 25.1 Å². The van der Waals surface area contributed by atoms with Gasteiger partial charge >= 0.3 is 0 Å². The number of rotatable bonds is 4. The summed E-state index contributed by atoms with van der Waals surface area (Å²) in [5.74, 6) is 1.37. The first-order valence-corrected chi connectivity index (χ1v) is 7.57. The van der Waals surface area contributed by atoms with E-state index >= 15 is 0 Å². The highest BCUT2D eigenvalue weighted by Crippen LogP contribution is 2.25. The molecular formula is C16H21N5. The Morgan fingerprint density at radius 1 is 1.24 bits per heavy atom. The summed E-state index contributed by atoms with van der Waals surface area (Å²) in [5, 5.41) is 3.52. The molecule has 110 valence electrons. The van der Waals surface area contributed by atoms with Gasteiger partial charge in [-0.3, -0.25) is 4.98 Å². The van der Waals surface area contributed by atoms with Crippen molar-refractivity contribution >= 4 is 0 Å². The number of hydrogen-bond donors (Lipinski definition) is 1. The monoisotopic (exact) mass is 283 g/mol. The SMILES string of the molecule is CC(C)NCC1CCc2nc(-c3cnccn3)ncc2C1. The van der Waals surface area contributed by atoms with Gasteiger partial charge in [0.1, 0.15) is 5.69 Å². The van der Waals surface area contributed by atoms with E-state index < -0.39 is 0 Å². The minimum atomic E-state index is 0.543. The molecule has 0 fully saturated rings. The molecule has 1 N–H and O–H groups in total. The third-order valence-electron chi connectivity index (χ3n) is 3.86. The summed E-state index contributed by atoms with van der Waals surface area (Å²) in [5.41, 5.74) is 3.19. The van der Waals surface area contributed by atoms with Gasteiger partial charge in [-0.2, -0.15) is 0 Å². The molecule has 0 aromatic carbocycles. The molecule has 0 amide bonds. The van der Waals surface area contributed by atoms with E-state index in [-0.39, 0.29) is 0 Å². The van der Waals surface area contributed by atoms with Crippen molar-refractivity contribution in [1.82, 2.24) is 25.3 Å². The average Bonchev–Trinajstić information content (AvgIpc) is 2.53. The van der Waals surface area contributed by atoms with Crippen LogP contribution in [0.25, 0.3) is 11.5 Å². The zero-order valence-electron chi connectivity index (χ0n) is 12.6. The number of aryl methyl sites for hydroxylation is 1. The number of hydrogen-bond acceptors (Lipinski definition) is 5. The van der Waals surface area contributed by atoms with Gasteiger partial charge in [0.2, 0.25) is 0 Å². The summed E-state index contributed by atoms with van der Waals surface area (Å²) in [7, 11) is 0. The smallest absolute Gasteiger partial charge is 0.179 e. The number of nitrogens with zero attached hydrogens (tertiary/aromatic N) is 4. The molecule has 0 aliphatic heterocycles. The average molecular weight is 283 g/mol. The Morgan fingerprint density at radius 2 is 2.14 bits per heavy atom. The highest BCUT2D eigenvalue weighted by Gasteiger charge is 2.21. The molecular weight excluding hydrogens is 262 g/mol. The largest absolute Gasteiger partial charge is 0.314 e. The second-order valence-electron chi connectivity index (χ2n) is 5.93. The predicted molar refractivity (Wildman–Crippen MR) is 81.7 cm³/mol. The first-order valence-electron chi connectivity index (χ1n) is 7.57. The van der Waals surface area contributed by atoms with Crippen LogP contribution >= 0.6 is 0 Å². The Labute approximate surface area is 125 Å². The molecule has 0 saturated carbocycles. The van der Waals surface area contributed by atoms with Gasteiger partial charge in [0.25, 0.3) is 0 Å². The molecule has 1 unspecified atom stereocenters. The fourth-order valence-corrected chi connectivity index (χ4v) is 2.70. The van der Waals surface area contributed by atoms with Crippen LogP contribution in [0.1, 0.15) is 31.5 Å². The van der Waals surface area contributed by atoms with Crippen LogP contribution in [0, 0.1) is 5.92 Å². The first-order chi connectivity index (χ1) is 10.2. The van der Waals surface area contributed by atoms with Gasteiger partial charge < -0.3 is 5.32 Å². The van der Waals surface area contributed by atoms with Crippen LogP contribution in [0.3, 0.4) is 0 Å². The molecule has 2 aromatic heterocycles. The molecule has 2 aromatic rings. The minimum absolute atomic E-state index is 0.543. The molecule has 5 heteroatoms. The molecule has 0 saturated heterocycles. The maximum absolute atomic E-state index is 4.68. The fraction of sp³-hybridized carbons (Fsp3) is 0.500. The van der Waals surface area contributed by atoms with Crippen molar-refractivity contribution in [2.45, 2.75) is 39.2 Å². The van der Waals surface area contributed by atoms with Crippen molar-refractivity contribution in [3.05, 3.63) is 36.0 Å². The molecule has 2 heterocycles. The Morgan fingerprint density at radius 3 is 2.90 bits per heavy atom. The van der Waals surface area contributed by atoms with E-state index in [4.69, 9.17) is 0 Å². The van der Waals surface area contributed by atoms with Gasteiger partial charge in [0, 0.05) is 30.3 Å². The lowest BCUT2D eigenvalue weighted by Crippen LogP contribution is -2.32. The molecule has 1 aliphatic carbocycles. The Balaban J connectivity index is 1.74. The van der Waals surface area contributed by atoms with E-state index in [0.29, 0.717) is 17.8 Å². The summed E-state index contributed by atoms with van der Waals surface area (Å²) in [6, 6.07) is 0.543. The minimum Gasteiger partial charge on any atom is -0.314 e. The van der Waals surface area contributed by atoms with Crippen LogP contribution in [-0.4, -0.2) is 32.5 Å². The Hall–Kier alpha value is -1.88. The van der Waals surface area contributed by atoms with E-state index in [1.165, 1.54) is 17.7 Å². The predicted octanol–water partition coefficient (Wildman–Crippen LogP) is 2.04. The normalized spacial score (nSPS) is 17.8. The highest BCUT2D eigenvalue weighted by atomic mass is 14.9. The van der Waals surface area contributed by atoms with Crippen molar-refractivity contribution in [3.63, 3.8) is 0 Å². The second kappa shape index (κ2) is 6.26. The van der Waals surface area contributed by atoms with Crippen LogP contribution in [0.5, 0.6) is 0 Å². The molecule has 0 bridgehead atoms. The van der Waals surface area contributed by atoms with Crippen molar-refractivity contribution in [3.8, 4) is 11.5 Å². The summed E-state index contributed by atoms with van der Waals surface area (Å²) >= 11 is 0. The lowest BCUT2D eigenvalue weighted by atomic mass is 9.87. The topological polar surface area (TPSA) is 63.6 Å². The lowest BCUT2D eigenvalue weighted by molar-refractivity contribution is 0.402. The quantitative estimate of drug-likeness (QED) is 0.930. The molecule has 0 spiro atoms. The molecule has 1 atom stereocenters.